The first-order valence-corrected chi connectivity index (χ1v) is 6.72. The average molecular weight is 164 g/mol. The summed E-state index contributed by atoms with van der Waals surface area (Å²) >= 11 is 0. The molecular formula is C5H16O2Si2. The van der Waals surface area contributed by atoms with Crippen molar-refractivity contribution in [1.82, 2.24) is 0 Å². The van der Waals surface area contributed by atoms with Gasteiger partial charge in [0.2, 0.25) is 0 Å². The summed E-state index contributed by atoms with van der Waals surface area (Å²) in [4.78, 5) is 0. The standard InChI is InChI=1S/C5H16O2Si2/c1-3-8-6-5-7-9-4-2/h3-5,8-9H2,1-2H3. The van der Waals surface area contributed by atoms with Crippen LogP contribution in [-0.2, 0) is 8.85 Å². The predicted molar refractivity (Wildman–Crippen MR) is 45.1 cm³/mol. The number of hydrogen-bond acceptors (Lipinski definition) is 2. The van der Waals surface area contributed by atoms with Gasteiger partial charge in [-0.1, -0.05) is 13.8 Å². The Hall–Kier alpha value is 0.354. The van der Waals surface area contributed by atoms with Crippen LogP contribution in [0.4, 0.5) is 0 Å². The van der Waals surface area contributed by atoms with E-state index in [0.29, 0.717) is 6.79 Å². The Kier molecular flexibility index (Phi) is 8.68. The first-order chi connectivity index (χ1) is 4.41. The molecule has 0 saturated heterocycles. The van der Waals surface area contributed by atoms with Crippen LogP contribution in [0.1, 0.15) is 13.8 Å². The molecule has 0 saturated carbocycles. The number of hydrogen-bond donors (Lipinski definition) is 0. The van der Waals surface area contributed by atoms with Crippen molar-refractivity contribution in [2.75, 3.05) is 6.79 Å². The zero-order chi connectivity index (χ0) is 6.95. The van der Waals surface area contributed by atoms with E-state index >= 15 is 0 Å². The molecule has 0 rings (SSSR count). The molecule has 0 fully saturated rings. The van der Waals surface area contributed by atoms with Crippen LogP contribution < -0.4 is 0 Å². The molecule has 4 heteroatoms. The maximum Gasteiger partial charge on any atom is 0.164 e. The number of rotatable bonds is 6. The van der Waals surface area contributed by atoms with Gasteiger partial charge in [0.05, 0.1) is 0 Å². The lowest BCUT2D eigenvalue weighted by Gasteiger charge is -2.01. The molecule has 0 aromatic rings. The zero-order valence-corrected chi connectivity index (χ0v) is 9.18. The summed E-state index contributed by atoms with van der Waals surface area (Å²) < 4.78 is 10.5. The van der Waals surface area contributed by atoms with Gasteiger partial charge in [-0.05, 0) is 12.1 Å². The maximum absolute atomic E-state index is 5.24. The van der Waals surface area contributed by atoms with Gasteiger partial charge in [-0.25, -0.2) is 0 Å². The fourth-order valence-electron chi connectivity index (χ4n) is 0.465. The zero-order valence-electron chi connectivity index (χ0n) is 6.35. The Morgan fingerprint density at radius 3 is 1.78 bits per heavy atom. The van der Waals surface area contributed by atoms with Crippen LogP contribution in [0.15, 0.2) is 0 Å². The molecule has 2 nitrogen and oxygen atoms in total. The van der Waals surface area contributed by atoms with E-state index in [1.807, 2.05) is 0 Å². The monoisotopic (exact) mass is 164 g/mol. The Morgan fingerprint density at radius 2 is 1.44 bits per heavy atom. The summed E-state index contributed by atoms with van der Waals surface area (Å²) in [6.45, 7) is 4.90. The van der Waals surface area contributed by atoms with E-state index in [4.69, 9.17) is 8.85 Å². The second kappa shape index (κ2) is 8.35. The van der Waals surface area contributed by atoms with E-state index in [2.05, 4.69) is 13.8 Å². The maximum atomic E-state index is 5.24. The second-order valence-electron chi connectivity index (χ2n) is 1.93. The van der Waals surface area contributed by atoms with Crippen molar-refractivity contribution in [2.24, 2.45) is 0 Å². The van der Waals surface area contributed by atoms with Gasteiger partial charge in [-0.15, -0.1) is 0 Å². The van der Waals surface area contributed by atoms with Gasteiger partial charge in [0.25, 0.3) is 0 Å². The van der Waals surface area contributed by atoms with Gasteiger partial charge in [-0.2, -0.15) is 0 Å². The van der Waals surface area contributed by atoms with Crippen molar-refractivity contribution >= 4 is 19.5 Å². The average Bonchev–Trinajstić information content (AvgIpc) is 1.89. The van der Waals surface area contributed by atoms with Gasteiger partial charge < -0.3 is 8.85 Å². The summed E-state index contributed by atoms with van der Waals surface area (Å²) in [6, 6.07) is 2.44. The van der Waals surface area contributed by atoms with E-state index in [1.165, 1.54) is 12.1 Å². The van der Waals surface area contributed by atoms with Gasteiger partial charge in [0, 0.05) is 0 Å². The molecule has 56 valence electrons. The van der Waals surface area contributed by atoms with Crippen molar-refractivity contribution in [3.8, 4) is 0 Å². The van der Waals surface area contributed by atoms with E-state index in [1.54, 1.807) is 0 Å². The lowest BCUT2D eigenvalue weighted by Crippen LogP contribution is -2.05. The minimum atomic E-state index is -0.209. The normalized spacial score (nSPS) is 12.7. The molecule has 0 aliphatic carbocycles. The van der Waals surface area contributed by atoms with Crippen LogP contribution >= 0.6 is 0 Å². The minimum Gasteiger partial charge on any atom is -0.403 e. The van der Waals surface area contributed by atoms with Crippen LogP contribution in [0, 0.1) is 0 Å². The smallest absolute Gasteiger partial charge is 0.164 e. The van der Waals surface area contributed by atoms with Crippen molar-refractivity contribution in [2.45, 2.75) is 25.9 Å². The first kappa shape index (κ1) is 9.35. The quantitative estimate of drug-likeness (QED) is 0.313. The Balaban J connectivity index is 2.60. The van der Waals surface area contributed by atoms with Gasteiger partial charge >= 0.3 is 0 Å². The van der Waals surface area contributed by atoms with Crippen molar-refractivity contribution in [3.63, 3.8) is 0 Å². The molecule has 9 heavy (non-hydrogen) atoms. The van der Waals surface area contributed by atoms with Crippen molar-refractivity contribution in [3.05, 3.63) is 0 Å². The highest BCUT2D eigenvalue weighted by Crippen LogP contribution is 1.80. The van der Waals surface area contributed by atoms with Crippen LogP contribution in [0.3, 0.4) is 0 Å². The Labute approximate surface area is 61.8 Å². The van der Waals surface area contributed by atoms with E-state index in [-0.39, 0.29) is 19.5 Å². The molecule has 0 N–H and O–H groups in total. The second-order valence-corrected chi connectivity index (χ2v) is 5.57. The third kappa shape index (κ3) is 8.35. The summed E-state index contributed by atoms with van der Waals surface area (Å²) in [5.41, 5.74) is 0. The van der Waals surface area contributed by atoms with Crippen LogP contribution in [-0.4, -0.2) is 26.3 Å². The van der Waals surface area contributed by atoms with Gasteiger partial charge in [0.1, 0.15) is 6.79 Å². The van der Waals surface area contributed by atoms with E-state index < -0.39 is 0 Å². The molecule has 0 radical (unpaired) electrons. The highest BCUT2D eigenvalue weighted by Gasteiger charge is 1.84. The highest BCUT2D eigenvalue weighted by molar-refractivity contribution is 6.28. The largest absolute Gasteiger partial charge is 0.403 e. The van der Waals surface area contributed by atoms with Crippen LogP contribution in [0.2, 0.25) is 12.1 Å². The summed E-state index contributed by atoms with van der Waals surface area (Å²) in [6.07, 6.45) is 0. The van der Waals surface area contributed by atoms with E-state index in [0.717, 1.165) is 0 Å². The third-order valence-electron chi connectivity index (χ3n) is 0.864. The molecule has 0 amide bonds. The molecule has 0 aromatic heterocycles. The predicted octanol–water partition coefficient (Wildman–Crippen LogP) is 0.0211. The molecule has 0 heterocycles. The Bertz CT molecular complexity index is 46.2. The van der Waals surface area contributed by atoms with Crippen LogP contribution in [0.25, 0.3) is 0 Å². The molecular weight excluding hydrogens is 148 g/mol. The summed E-state index contributed by atoms with van der Waals surface area (Å²) in [7, 11) is -0.418. The lowest BCUT2D eigenvalue weighted by molar-refractivity contribution is 0.130. The van der Waals surface area contributed by atoms with Crippen LogP contribution in [0.5, 0.6) is 0 Å². The molecule has 0 aliphatic rings. The molecule has 0 aliphatic heterocycles. The molecule has 0 atom stereocenters. The summed E-state index contributed by atoms with van der Waals surface area (Å²) in [5, 5.41) is 0. The Morgan fingerprint density at radius 1 is 1.00 bits per heavy atom. The molecule has 0 aromatic carbocycles. The summed E-state index contributed by atoms with van der Waals surface area (Å²) in [5.74, 6) is 0. The highest BCUT2D eigenvalue weighted by atomic mass is 28.2. The minimum absolute atomic E-state index is 0.209. The van der Waals surface area contributed by atoms with Crippen molar-refractivity contribution in [1.29, 1.82) is 0 Å². The third-order valence-corrected chi connectivity index (χ3v) is 2.59. The van der Waals surface area contributed by atoms with E-state index in [9.17, 15) is 0 Å². The first-order valence-electron chi connectivity index (χ1n) is 3.57. The molecule has 0 spiro atoms. The van der Waals surface area contributed by atoms with Crippen molar-refractivity contribution < 1.29 is 8.85 Å². The molecule has 0 bridgehead atoms. The van der Waals surface area contributed by atoms with Gasteiger partial charge in [0.15, 0.2) is 19.5 Å². The molecule has 0 unspecified atom stereocenters. The van der Waals surface area contributed by atoms with Gasteiger partial charge in [-0.3, -0.25) is 0 Å². The fourth-order valence-corrected chi connectivity index (χ4v) is 1.75. The fraction of sp³-hybridized carbons (Fsp3) is 1.00. The lowest BCUT2D eigenvalue weighted by atomic mass is 11.0. The topological polar surface area (TPSA) is 18.5 Å². The SMILES string of the molecule is CC[SiH2]OCO[SiH2]CC.